The lowest BCUT2D eigenvalue weighted by atomic mass is 10.1. The second-order valence-electron chi connectivity index (χ2n) is 8.10. The number of hydrogen-bond donors (Lipinski definition) is 3. The summed E-state index contributed by atoms with van der Waals surface area (Å²) < 4.78 is 1.52. The number of carbonyl (C=O) groups excluding carboxylic acids is 2. The number of carboxylic acid groups (broad SMARTS) is 1. The Kier molecular flexibility index (Phi) is 10.2. The average molecular weight is 522 g/mol. The summed E-state index contributed by atoms with van der Waals surface area (Å²) in [6.07, 6.45) is 5.84. The Bertz CT molecular complexity index is 991. The highest BCUT2D eigenvalue weighted by molar-refractivity contribution is 7.98. The molecule has 35 heavy (non-hydrogen) atoms. The zero-order valence-corrected chi connectivity index (χ0v) is 21.4. The molecule has 2 amide bonds. The van der Waals surface area contributed by atoms with Crippen molar-refractivity contribution in [3.8, 4) is 5.69 Å². The number of likely N-dealkylation sites (tertiary alicyclic amines) is 1. The van der Waals surface area contributed by atoms with Gasteiger partial charge in [0.1, 0.15) is 18.1 Å². The molecule has 3 rings (SSSR count). The lowest BCUT2D eigenvalue weighted by Gasteiger charge is -2.29. The van der Waals surface area contributed by atoms with E-state index in [1.54, 1.807) is 16.7 Å². The van der Waals surface area contributed by atoms with E-state index >= 15 is 0 Å². The number of carboxylic acids is 1. The predicted octanol–water partition coefficient (Wildman–Crippen LogP) is 1.51. The molecule has 0 bridgehead atoms. The van der Waals surface area contributed by atoms with Crippen molar-refractivity contribution in [2.45, 2.75) is 43.8 Å². The van der Waals surface area contributed by atoms with Gasteiger partial charge in [-0.2, -0.15) is 28.2 Å². The number of amides is 2. The molecule has 2 aromatic rings. The number of nitrogens with one attached hydrogen (secondary N) is 2. The largest absolute Gasteiger partial charge is 0.480 e. The van der Waals surface area contributed by atoms with Crippen LogP contribution in [0.25, 0.3) is 5.69 Å². The van der Waals surface area contributed by atoms with Crippen LogP contribution in [0.2, 0.25) is 0 Å². The zero-order chi connectivity index (χ0) is 25.2. The van der Waals surface area contributed by atoms with E-state index in [2.05, 4.69) is 26.2 Å². The quantitative estimate of drug-likeness (QED) is 0.355. The molecule has 0 spiro atoms. The number of aromatic nitrogens is 4. The van der Waals surface area contributed by atoms with E-state index in [4.69, 9.17) is 0 Å². The van der Waals surface area contributed by atoms with E-state index in [9.17, 15) is 19.5 Å². The van der Waals surface area contributed by atoms with Gasteiger partial charge in [0.15, 0.2) is 0 Å². The zero-order valence-electron chi connectivity index (χ0n) is 19.8. The van der Waals surface area contributed by atoms with Gasteiger partial charge in [-0.3, -0.25) is 9.59 Å². The van der Waals surface area contributed by atoms with Crippen LogP contribution in [0.3, 0.4) is 0 Å². The second-order valence-corrected chi connectivity index (χ2v) is 10.1. The van der Waals surface area contributed by atoms with E-state index in [1.165, 1.54) is 16.4 Å². The summed E-state index contributed by atoms with van der Waals surface area (Å²) in [5.74, 6) is -0.0650. The average Bonchev–Trinajstić information content (AvgIpc) is 3.54. The van der Waals surface area contributed by atoms with Gasteiger partial charge in [0, 0.05) is 6.54 Å². The maximum absolute atomic E-state index is 13.6. The number of rotatable bonds is 13. The van der Waals surface area contributed by atoms with Crippen molar-refractivity contribution in [3.63, 3.8) is 0 Å². The summed E-state index contributed by atoms with van der Waals surface area (Å²) >= 11 is 3.13. The van der Waals surface area contributed by atoms with Crippen molar-refractivity contribution in [2.24, 2.45) is 0 Å². The van der Waals surface area contributed by atoms with Crippen LogP contribution in [0.1, 0.15) is 25.7 Å². The Morgan fingerprint density at radius 3 is 2.46 bits per heavy atom. The summed E-state index contributed by atoms with van der Waals surface area (Å²) in [7, 11) is 0. The maximum atomic E-state index is 13.6. The smallest absolute Gasteiger partial charge is 0.326 e. The van der Waals surface area contributed by atoms with E-state index in [0.717, 1.165) is 11.4 Å². The molecule has 190 valence electrons. The van der Waals surface area contributed by atoms with Gasteiger partial charge in [0.05, 0.1) is 5.69 Å². The molecular formula is C22H31N7O4S2. The van der Waals surface area contributed by atoms with Crippen LogP contribution < -0.4 is 10.6 Å². The number of thioether (sulfide) groups is 2. The Morgan fingerprint density at radius 1 is 1.11 bits per heavy atom. The SMILES string of the molecule is CSCC[C@H](NC(=O)[C@@H]1CCCN1C(=O)[C@H](CCSC)Nc1nnnn1-c1ccccc1)C(=O)O. The maximum Gasteiger partial charge on any atom is 0.326 e. The van der Waals surface area contributed by atoms with Crippen molar-refractivity contribution in [1.82, 2.24) is 30.4 Å². The minimum absolute atomic E-state index is 0.227. The van der Waals surface area contributed by atoms with Gasteiger partial charge in [-0.15, -0.1) is 0 Å². The van der Waals surface area contributed by atoms with Crippen molar-refractivity contribution in [2.75, 3.05) is 35.9 Å². The lowest BCUT2D eigenvalue weighted by molar-refractivity contribution is -0.144. The molecule has 0 unspecified atom stereocenters. The van der Waals surface area contributed by atoms with Crippen molar-refractivity contribution >= 4 is 47.3 Å². The number of anilines is 1. The van der Waals surface area contributed by atoms with Crippen LogP contribution in [0, 0.1) is 0 Å². The Balaban J connectivity index is 1.75. The number of para-hydroxylation sites is 1. The van der Waals surface area contributed by atoms with Gasteiger partial charge >= 0.3 is 5.97 Å². The third kappa shape index (κ3) is 7.10. The molecule has 0 radical (unpaired) electrons. The lowest BCUT2D eigenvalue weighted by Crippen LogP contribution is -2.53. The van der Waals surface area contributed by atoms with E-state index in [1.807, 2.05) is 42.8 Å². The van der Waals surface area contributed by atoms with Crippen molar-refractivity contribution in [1.29, 1.82) is 0 Å². The molecule has 1 aromatic heterocycles. The Hall–Kier alpha value is -2.80. The van der Waals surface area contributed by atoms with E-state index in [-0.39, 0.29) is 5.91 Å². The first-order valence-corrected chi connectivity index (χ1v) is 14.2. The van der Waals surface area contributed by atoms with Crippen LogP contribution in [0.5, 0.6) is 0 Å². The standard InChI is InChI=1S/C22H31N7O4S2/c1-34-13-10-16(24-22-25-26-27-29(22)15-7-4-3-5-8-15)20(31)28-12-6-9-18(28)19(30)23-17(21(32)33)11-14-35-2/h3-5,7-8,16-18H,6,9-14H2,1-2H3,(H,23,30)(H,32,33)(H,24,25,27)/t16-,17-,18-/m0/s1. The van der Waals surface area contributed by atoms with Crippen LogP contribution in [0.4, 0.5) is 5.95 Å². The summed E-state index contributed by atoms with van der Waals surface area (Å²) in [5, 5.41) is 27.1. The molecule has 2 heterocycles. The molecule has 1 fully saturated rings. The van der Waals surface area contributed by atoms with Crippen LogP contribution in [-0.4, -0.2) is 96.7 Å². The van der Waals surface area contributed by atoms with Crippen molar-refractivity contribution in [3.05, 3.63) is 30.3 Å². The normalized spacial score (nSPS) is 17.1. The molecule has 1 aliphatic heterocycles. The molecule has 1 aliphatic rings. The fraction of sp³-hybridized carbons (Fsp3) is 0.545. The molecule has 1 aromatic carbocycles. The number of nitrogens with zero attached hydrogens (tertiary/aromatic N) is 5. The van der Waals surface area contributed by atoms with Gasteiger partial charge in [-0.05, 0) is 72.3 Å². The molecule has 3 N–H and O–H groups in total. The summed E-state index contributed by atoms with van der Waals surface area (Å²) in [6, 6.07) is 7.02. The van der Waals surface area contributed by atoms with Crippen molar-refractivity contribution < 1.29 is 19.5 Å². The molecule has 11 nitrogen and oxygen atoms in total. The summed E-state index contributed by atoms with van der Waals surface area (Å²) in [6.45, 7) is 0.431. The third-order valence-corrected chi connectivity index (χ3v) is 7.03. The fourth-order valence-corrected chi connectivity index (χ4v) is 4.88. The number of aliphatic carboxylic acids is 1. The molecule has 0 aliphatic carbocycles. The monoisotopic (exact) mass is 521 g/mol. The number of tetrazole rings is 1. The van der Waals surface area contributed by atoms with Crippen LogP contribution >= 0.6 is 23.5 Å². The van der Waals surface area contributed by atoms with Gasteiger partial charge < -0.3 is 20.6 Å². The van der Waals surface area contributed by atoms with Gasteiger partial charge in [0.2, 0.25) is 17.8 Å². The summed E-state index contributed by atoms with van der Waals surface area (Å²) in [5.41, 5.74) is 0.749. The first kappa shape index (κ1) is 26.8. The van der Waals surface area contributed by atoms with Gasteiger partial charge in [0.25, 0.3) is 0 Å². The van der Waals surface area contributed by atoms with E-state index < -0.39 is 30.0 Å². The highest BCUT2D eigenvalue weighted by Gasteiger charge is 2.38. The molecule has 0 saturated carbocycles. The third-order valence-electron chi connectivity index (χ3n) is 5.75. The minimum Gasteiger partial charge on any atom is -0.480 e. The van der Waals surface area contributed by atoms with Gasteiger partial charge in [-0.1, -0.05) is 23.3 Å². The second kappa shape index (κ2) is 13.3. The summed E-state index contributed by atoms with van der Waals surface area (Å²) in [4.78, 5) is 39.7. The first-order chi connectivity index (χ1) is 17.0. The Morgan fingerprint density at radius 2 is 1.80 bits per heavy atom. The fourth-order valence-electron chi connectivity index (χ4n) is 3.93. The van der Waals surface area contributed by atoms with Crippen LogP contribution in [0.15, 0.2) is 30.3 Å². The number of benzene rings is 1. The number of carbonyl (C=O) groups is 3. The highest BCUT2D eigenvalue weighted by atomic mass is 32.2. The molecular weight excluding hydrogens is 490 g/mol. The Labute approximate surface area is 212 Å². The first-order valence-electron chi connectivity index (χ1n) is 11.4. The molecule has 13 heteroatoms. The van der Waals surface area contributed by atoms with E-state index in [0.29, 0.717) is 43.9 Å². The van der Waals surface area contributed by atoms with Gasteiger partial charge in [-0.25, -0.2) is 4.79 Å². The highest BCUT2D eigenvalue weighted by Crippen LogP contribution is 2.22. The molecule has 3 atom stereocenters. The molecule has 1 saturated heterocycles. The topological polar surface area (TPSA) is 142 Å². The van der Waals surface area contributed by atoms with Crippen LogP contribution in [-0.2, 0) is 14.4 Å². The minimum atomic E-state index is -1.07. The number of hydrogen-bond acceptors (Lipinski definition) is 9. The predicted molar refractivity (Wildman–Crippen MR) is 137 cm³/mol.